The minimum atomic E-state index is -1.25. The van der Waals surface area contributed by atoms with Crippen LogP contribution in [0.1, 0.15) is 50.2 Å². The number of ether oxygens (including phenoxy) is 1. The first-order valence-electron chi connectivity index (χ1n) is 11.3. The standard InChI is InChI=1S/C26H29FN2O3/c1-19-17-29(16-15-26(19,32-24(30)31)21-5-3-2-4-6-21)23-11-13-25(18-28,14-12-23)20-7-9-22(27)10-8-20/h2-10,19,23H,11-17H2,1H3,(H,30,31). The third kappa shape index (κ3) is 4.10. The van der Waals surface area contributed by atoms with Gasteiger partial charge in [-0.2, -0.15) is 5.26 Å². The van der Waals surface area contributed by atoms with Gasteiger partial charge in [-0.25, -0.2) is 9.18 Å². The topological polar surface area (TPSA) is 73.6 Å². The van der Waals surface area contributed by atoms with Crippen LogP contribution in [-0.2, 0) is 15.8 Å². The van der Waals surface area contributed by atoms with Gasteiger partial charge in [-0.3, -0.25) is 4.90 Å². The van der Waals surface area contributed by atoms with Gasteiger partial charge in [-0.05, 0) is 48.9 Å². The number of nitriles is 1. The number of rotatable bonds is 4. The number of nitrogens with zero attached hydrogens (tertiary/aromatic N) is 2. The molecular formula is C26H29FN2O3. The highest BCUT2D eigenvalue weighted by atomic mass is 19.1. The molecule has 2 aliphatic rings. The predicted molar refractivity (Wildman–Crippen MR) is 119 cm³/mol. The summed E-state index contributed by atoms with van der Waals surface area (Å²) in [6.07, 6.45) is 2.60. The van der Waals surface area contributed by atoms with Gasteiger partial charge in [0.05, 0.1) is 11.5 Å². The Morgan fingerprint density at radius 2 is 1.75 bits per heavy atom. The average molecular weight is 437 g/mol. The summed E-state index contributed by atoms with van der Waals surface area (Å²) in [7, 11) is 0. The van der Waals surface area contributed by atoms with E-state index in [9.17, 15) is 19.6 Å². The van der Waals surface area contributed by atoms with Crippen molar-refractivity contribution < 1.29 is 19.0 Å². The number of likely N-dealkylation sites (tertiary alicyclic amines) is 1. The van der Waals surface area contributed by atoms with Crippen LogP contribution < -0.4 is 0 Å². The van der Waals surface area contributed by atoms with Gasteiger partial charge in [-0.1, -0.05) is 49.4 Å². The Balaban J connectivity index is 1.47. The zero-order chi connectivity index (χ0) is 22.8. The van der Waals surface area contributed by atoms with Gasteiger partial charge in [0.15, 0.2) is 0 Å². The molecule has 2 unspecified atom stereocenters. The first-order valence-corrected chi connectivity index (χ1v) is 11.3. The highest BCUT2D eigenvalue weighted by molar-refractivity contribution is 5.58. The maximum absolute atomic E-state index is 13.4. The number of piperidine rings is 1. The fourth-order valence-corrected chi connectivity index (χ4v) is 5.69. The molecule has 1 saturated carbocycles. The summed E-state index contributed by atoms with van der Waals surface area (Å²) in [5, 5.41) is 19.4. The van der Waals surface area contributed by atoms with Gasteiger partial charge in [0.1, 0.15) is 11.4 Å². The number of benzene rings is 2. The summed E-state index contributed by atoms with van der Waals surface area (Å²) in [6, 6.07) is 18.8. The van der Waals surface area contributed by atoms with E-state index in [1.807, 2.05) is 30.3 Å². The Bertz CT molecular complexity index is 980. The zero-order valence-corrected chi connectivity index (χ0v) is 18.3. The maximum Gasteiger partial charge on any atom is 0.506 e. The van der Waals surface area contributed by atoms with Crippen LogP contribution in [0.3, 0.4) is 0 Å². The van der Waals surface area contributed by atoms with Crippen LogP contribution in [0.15, 0.2) is 54.6 Å². The SMILES string of the molecule is CC1CN(C2CCC(C#N)(c3ccc(F)cc3)CC2)CCC1(OC(=O)O)c1ccccc1. The molecule has 168 valence electrons. The fraction of sp³-hybridized carbons (Fsp3) is 0.462. The molecule has 1 heterocycles. The number of halogens is 1. The molecule has 1 aliphatic heterocycles. The molecule has 2 fully saturated rings. The van der Waals surface area contributed by atoms with Crippen LogP contribution in [0.25, 0.3) is 0 Å². The van der Waals surface area contributed by atoms with E-state index in [4.69, 9.17) is 4.74 Å². The smallest absolute Gasteiger partial charge is 0.450 e. The molecular weight excluding hydrogens is 407 g/mol. The van der Waals surface area contributed by atoms with Crippen molar-refractivity contribution in [1.82, 2.24) is 4.90 Å². The summed E-state index contributed by atoms with van der Waals surface area (Å²) in [6.45, 7) is 3.54. The van der Waals surface area contributed by atoms with Gasteiger partial charge in [0.25, 0.3) is 0 Å². The fourth-order valence-electron chi connectivity index (χ4n) is 5.69. The minimum Gasteiger partial charge on any atom is -0.450 e. The predicted octanol–water partition coefficient (Wildman–Crippen LogP) is 5.46. The van der Waals surface area contributed by atoms with Crippen molar-refractivity contribution in [1.29, 1.82) is 5.26 Å². The first kappa shape index (κ1) is 22.3. The summed E-state index contributed by atoms with van der Waals surface area (Å²) in [5.74, 6) is -0.294. The van der Waals surface area contributed by atoms with E-state index in [2.05, 4.69) is 17.9 Å². The van der Waals surface area contributed by atoms with E-state index in [1.165, 1.54) is 12.1 Å². The normalized spacial score (nSPS) is 30.9. The highest BCUT2D eigenvalue weighted by Gasteiger charge is 2.48. The summed E-state index contributed by atoms with van der Waals surface area (Å²) < 4.78 is 18.9. The number of carbonyl (C=O) groups is 1. The van der Waals surface area contributed by atoms with Crippen LogP contribution in [0, 0.1) is 23.1 Å². The van der Waals surface area contributed by atoms with Gasteiger partial charge < -0.3 is 9.84 Å². The maximum atomic E-state index is 13.4. The van der Waals surface area contributed by atoms with Gasteiger partial charge >= 0.3 is 6.16 Å². The van der Waals surface area contributed by atoms with E-state index in [0.717, 1.165) is 49.9 Å². The molecule has 2 atom stereocenters. The molecule has 1 saturated heterocycles. The largest absolute Gasteiger partial charge is 0.506 e. The molecule has 2 aromatic carbocycles. The number of carboxylic acid groups (broad SMARTS) is 1. The Labute approximate surface area is 188 Å². The second-order valence-corrected chi connectivity index (χ2v) is 9.20. The molecule has 0 bridgehead atoms. The lowest BCUT2D eigenvalue weighted by Gasteiger charge is -2.49. The summed E-state index contributed by atoms with van der Waals surface area (Å²) in [4.78, 5) is 14.0. The number of hydrogen-bond acceptors (Lipinski definition) is 4. The summed E-state index contributed by atoms with van der Waals surface area (Å²) in [5.41, 5.74) is 0.386. The lowest BCUT2D eigenvalue weighted by Crippen LogP contribution is -2.54. The van der Waals surface area contributed by atoms with Crippen molar-refractivity contribution in [2.24, 2.45) is 5.92 Å². The molecule has 1 aliphatic carbocycles. The van der Waals surface area contributed by atoms with Crippen LogP contribution >= 0.6 is 0 Å². The molecule has 2 aromatic rings. The Morgan fingerprint density at radius 1 is 1.09 bits per heavy atom. The summed E-state index contributed by atoms with van der Waals surface area (Å²) >= 11 is 0. The van der Waals surface area contributed by atoms with Crippen LogP contribution in [0.2, 0.25) is 0 Å². The van der Waals surface area contributed by atoms with Crippen molar-refractivity contribution in [3.8, 4) is 6.07 Å². The first-order chi connectivity index (χ1) is 15.4. The van der Waals surface area contributed by atoms with Crippen LogP contribution in [0.5, 0.6) is 0 Å². The van der Waals surface area contributed by atoms with Crippen LogP contribution in [-0.4, -0.2) is 35.3 Å². The van der Waals surface area contributed by atoms with Crippen molar-refractivity contribution in [2.45, 2.75) is 56.1 Å². The third-order valence-corrected chi connectivity index (χ3v) is 7.54. The lowest BCUT2D eigenvalue weighted by atomic mass is 9.68. The Kier molecular flexibility index (Phi) is 6.21. The Morgan fingerprint density at radius 3 is 2.31 bits per heavy atom. The van der Waals surface area contributed by atoms with Gasteiger partial charge in [0, 0.05) is 31.5 Å². The van der Waals surface area contributed by atoms with E-state index in [0.29, 0.717) is 12.5 Å². The second kappa shape index (κ2) is 8.91. The van der Waals surface area contributed by atoms with E-state index in [1.54, 1.807) is 12.1 Å². The lowest BCUT2D eigenvalue weighted by molar-refractivity contribution is -0.104. The molecule has 0 spiro atoms. The molecule has 1 N–H and O–H groups in total. The zero-order valence-electron chi connectivity index (χ0n) is 18.3. The third-order valence-electron chi connectivity index (χ3n) is 7.54. The van der Waals surface area contributed by atoms with E-state index >= 15 is 0 Å². The van der Waals surface area contributed by atoms with Crippen molar-refractivity contribution in [2.75, 3.05) is 13.1 Å². The van der Waals surface area contributed by atoms with Crippen molar-refractivity contribution >= 4 is 6.16 Å². The molecule has 0 radical (unpaired) electrons. The monoisotopic (exact) mass is 436 g/mol. The second-order valence-electron chi connectivity index (χ2n) is 9.20. The number of hydrogen-bond donors (Lipinski definition) is 1. The highest BCUT2D eigenvalue weighted by Crippen LogP contribution is 2.45. The molecule has 6 heteroatoms. The average Bonchev–Trinajstić information content (AvgIpc) is 2.81. The van der Waals surface area contributed by atoms with Crippen molar-refractivity contribution in [3.63, 3.8) is 0 Å². The van der Waals surface area contributed by atoms with E-state index < -0.39 is 17.2 Å². The molecule has 5 nitrogen and oxygen atoms in total. The van der Waals surface area contributed by atoms with Gasteiger partial charge in [0.2, 0.25) is 0 Å². The van der Waals surface area contributed by atoms with Gasteiger partial charge in [-0.15, -0.1) is 0 Å². The molecule has 32 heavy (non-hydrogen) atoms. The molecule has 0 amide bonds. The quantitative estimate of drug-likeness (QED) is 0.644. The van der Waals surface area contributed by atoms with Crippen LogP contribution in [0.4, 0.5) is 9.18 Å². The molecule has 4 rings (SSSR count). The van der Waals surface area contributed by atoms with Crippen molar-refractivity contribution in [3.05, 3.63) is 71.5 Å². The minimum absolute atomic E-state index is 0.00509. The van der Waals surface area contributed by atoms with E-state index in [-0.39, 0.29) is 11.7 Å². The Hall–Kier alpha value is -2.91. The molecule has 0 aromatic heterocycles.